The minimum Gasteiger partial charge on any atom is -0.439 e. The molecule has 0 amide bonds. The van der Waals surface area contributed by atoms with Gasteiger partial charge in [-0.1, -0.05) is 11.6 Å². The van der Waals surface area contributed by atoms with Crippen molar-refractivity contribution >= 4 is 17.9 Å². The summed E-state index contributed by atoms with van der Waals surface area (Å²) in [6.45, 7) is 1.90. The number of aryl methyl sites for hydroxylation is 1. The van der Waals surface area contributed by atoms with Crippen molar-refractivity contribution in [2.45, 2.75) is 6.92 Å². The molecular formula is C13H10ClNO2. The largest absolute Gasteiger partial charge is 0.439 e. The van der Waals surface area contributed by atoms with Crippen molar-refractivity contribution in [3.05, 3.63) is 52.7 Å². The molecule has 0 spiro atoms. The van der Waals surface area contributed by atoms with E-state index in [-0.39, 0.29) is 0 Å². The van der Waals surface area contributed by atoms with Crippen molar-refractivity contribution in [2.75, 3.05) is 0 Å². The first-order valence-corrected chi connectivity index (χ1v) is 5.42. The van der Waals surface area contributed by atoms with E-state index in [9.17, 15) is 4.79 Å². The molecule has 2 aromatic rings. The summed E-state index contributed by atoms with van der Waals surface area (Å²) in [5.74, 6) is 1.14. The van der Waals surface area contributed by atoms with Crippen LogP contribution >= 0.6 is 11.6 Å². The standard InChI is InChI=1S/C13H10ClNO2/c1-9-6-11(14)3-4-12(9)17-13-5-2-10(8-16)7-15-13/h2-8H,1H3. The average Bonchev–Trinajstić information content (AvgIpc) is 2.34. The van der Waals surface area contributed by atoms with E-state index in [1.165, 1.54) is 6.20 Å². The van der Waals surface area contributed by atoms with Crippen molar-refractivity contribution in [3.63, 3.8) is 0 Å². The molecule has 0 saturated heterocycles. The van der Waals surface area contributed by atoms with Gasteiger partial charge in [0, 0.05) is 22.8 Å². The van der Waals surface area contributed by atoms with Crippen LogP contribution in [0.5, 0.6) is 11.6 Å². The van der Waals surface area contributed by atoms with Crippen LogP contribution < -0.4 is 4.74 Å². The van der Waals surface area contributed by atoms with Gasteiger partial charge in [-0.05, 0) is 36.8 Å². The minimum atomic E-state index is 0.445. The molecule has 0 aliphatic heterocycles. The first-order valence-electron chi connectivity index (χ1n) is 5.04. The Bertz CT molecular complexity index is 538. The fourth-order valence-electron chi connectivity index (χ4n) is 1.36. The number of aromatic nitrogens is 1. The molecule has 0 unspecified atom stereocenters. The van der Waals surface area contributed by atoms with Gasteiger partial charge < -0.3 is 4.74 Å². The Kier molecular flexibility index (Phi) is 3.40. The number of ether oxygens (including phenoxy) is 1. The van der Waals surface area contributed by atoms with Crippen molar-refractivity contribution in [1.82, 2.24) is 4.98 Å². The zero-order valence-electron chi connectivity index (χ0n) is 9.18. The van der Waals surface area contributed by atoms with Gasteiger partial charge in [0.25, 0.3) is 0 Å². The minimum absolute atomic E-state index is 0.445. The number of rotatable bonds is 3. The van der Waals surface area contributed by atoms with Gasteiger partial charge >= 0.3 is 0 Å². The maximum atomic E-state index is 10.5. The molecule has 0 fully saturated rings. The van der Waals surface area contributed by atoms with Crippen LogP contribution in [0.15, 0.2) is 36.5 Å². The predicted octanol–water partition coefficient (Wildman–Crippen LogP) is 3.65. The summed E-state index contributed by atoms with van der Waals surface area (Å²) < 4.78 is 5.58. The van der Waals surface area contributed by atoms with Gasteiger partial charge in [0.05, 0.1) is 0 Å². The zero-order chi connectivity index (χ0) is 12.3. The van der Waals surface area contributed by atoms with Crippen molar-refractivity contribution in [3.8, 4) is 11.6 Å². The second-order valence-electron chi connectivity index (χ2n) is 3.56. The fourth-order valence-corrected chi connectivity index (χ4v) is 1.59. The SMILES string of the molecule is Cc1cc(Cl)ccc1Oc1ccc(C=O)cn1. The van der Waals surface area contributed by atoms with E-state index < -0.39 is 0 Å². The van der Waals surface area contributed by atoms with Crippen LogP contribution in [0.3, 0.4) is 0 Å². The van der Waals surface area contributed by atoms with Gasteiger partial charge in [0.1, 0.15) is 5.75 Å². The molecule has 0 aliphatic carbocycles. The zero-order valence-corrected chi connectivity index (χ0v) is 9.94. The molecule has 86 valence electrons. The number of carbonyl (C=O) groups is 1. The number of carbonyl (C=O) groups excluding carboxylic acids is 1. The molecule has 1 aromatic heterocycles. The lowest BCUT2D eigenvalue weighted by molar-refractivity contribution is 0.112. The highest BCUT2D eigenvalue weighted by Gasteiger charge is 2.03. The Labute approximate surface area is 104 Å². The Balaban J connectivity index is 2.22. The molecule has 3 nitrogen and oxygen atoms in total. The smallest absolute Gasteiger partial charge is 0.219 e. The predicted molar refractivity (Wildman–Crippen MR) is 65.9 cm³/mol. The lowest BCUT2D eigenvalue weighted by atomic mass is 10.2. The highest BCUT2D eigenvalue weighted by Crippen LogP contribution is 2.25. The van der Waals surface area contributed by atoms with Crippen LogP contribution in [0.25, 0.3) is 0 Å². The summed E-state index contributed by atoms with van der Waals surface area (Å²) in [5.41, 5.74) is 1.45. The first-order chi connectivity index (χ1) is 8.19. The summed E-state index contributed by atoms with van der Waals surface area (Å²) in [7, 11) is 0. The number of benzene rings is 1. The maximum Gasteiger partial charge on any atom is 0.219 e. The monoisotopic (exact) mass is 247 g/mol. The highest BCUT2D eigenvalue weighted by atomic mass is 35.5. The van der Waals surface area contributed by atoms with E-state index in [0.29, 0.717) is 22.2 Å². The molecule has 1 aromatic carbocycles. The summed E-state index contributed by atoms with van der Waals surface area (Å²) in [6, 6.07) is 8.66. The first kappa shape index (κ1) is 11.6. The summed E-state index contributed by atoms with van der Waals surface area (Å²) in [4.78, 5) is 14.5. The molecule has 0 bridgehead atoms. The highest BCUT2D eigenvalue weighted by molar-refractivity contribution is 6.30. The van der Waals surface area contributed by atoms with Gasteiger partial charge in [-0.25, -0.2) is 4.98 Å². The Morgan fingerprint density at radius 2 is 2.12 bits per heavy atom. The Hall–Kier alpha value is -1.87. The normalized spacial score (nSPS) is 10.0. The maximum absolute atomic E-state index is 10.5. The van der Waals surface area contributed by atoms with Crippen LogP contribution in [-0.4, -0.2) is 11.3 Å². The number of nitrogens with zero attached hydrogens (tertiary/aromatic N) is 1. The van der Waals surface area contributed by atoms with E-state index in [2.05, 4.69) is 4.98 Å². The number of hydrogen-bond donors (Lipinski definition) is 0. The van der Waals surface area contributed by atoms with Crippen LogP contribution in [0.1, 0.15) is 15.9 Å². The molecule has 1 heterocycles. The van der Waals surface area contributed by atoms with E-state index in [1.807, 2.05) is 13.0 Å². The lowest BCUT2D eigenvalue weighted by Gasteiger charge is -2.07. The van der Waals surface area contributed by atoms with E-state index in [0.717, 1.165) is 11.8 Å². The molecule has 17 heavy (non-hydrogen) atoms. The lowest BCUT2D eigenvalue weighted by Crippen LogP contribution is -1.91. The number of halogens is 1. The molecule has 4 heteroatoms. The summed E-state index contributed by atoms with van der Waals surface area (Å²) in [5, 5.41) is 0.666. The number of hydrogen-bond acceptors (Lipinski definition) is 3. The van der Waals surface area contributed by atoms with Crippen LogP contribution in [0, 0.1) is 6.92 Å². The van der Waals surface area contributed by atoms with E-state index in [1.54, 1.807) is 24.3 Å². The average molecular weight is 248 g/mol. The van der Waals surface area contributed by atoms with Gasteiger partial charge in [-0.3, -0.25) is 4.79 Å². The molecular weight excluding hydrogens is 238 g/mol. The third-order valence-corrected chi connectivity index (χ3v) is 2.48. The van der Waals surface area contributed by atoms with Gasteiger partial charge in [-0.2, -0.15) is 0 Å². The molecule has 0 saturated carbocycles. The Morgan fingerprint density at radius 3 is 2.71 bits per heavy atom. The summed E-state index contributed by atoms with van der Waals surface area (Å²) in [6.07, 6.45) is 2.21. The van der Waals surface area contributed by atoms with Crippen LogP contribution in [0.4, 0.5) is 0 Å². The van der Waals surface area contributed by atoms with Crippen molar-refractivity contribution in [2.24, 2.45) is 0 Å². The third-order valence-electron chi connectivity index (χ3n) is 2.25. The third kappa shape index (κ3) is 2.82. The van der Waals surface area contributed by atoms with Gasteiger partial charge in [-0.15, -0.1) is 0 Å². The molecule has 0 aliphatic rings. The second-order valence-corrected chi connectivity index (χ2v) is 4.00. The fraction of sp³-hybridized carbons (Fsp3) is 0.0769. The molecule has 0 N–H and O–H groups in total. The van der Waals surface area contributed by atoms with Gasteiger partial charge in [0.15, 0.2) is 6.29 Å². The van der Waals surface area contributed by atoms with Crippen LogP contribution in [-0.2, 0) is 0 Å². The summed E-state index contributed by atoms with van der Waals surface area (Å²) >= 11 is 5.85. The quantitative estimate of drug-likeness (QED) is 0.777. The Morgan fingerprint density at radius 1 is 1.29 bits per heavy atom. The topological polar surface area (TPSA) is 39.2 Å². The van der Waals surface area contributed by atoms with Crippen molar-refractivity contribution < 1.29 is 9.53 Å². The number of pyridine rings is 1. The number of aldehydes is 1. The molecule has 0 radical (unpaired) electrons. The second kappa shape index (κ2) is 4.97. The van der Waals surface area contributed by atoms with E-state index in [4.69, 9.17) is 16.3 Å². The molecule has 0 atom stereocenters. The van der Waals surface area contributed by atoms with Crippen LogP contribution in [0.2, 0.25) is 5.02 Å². The van der Waals surface area contributed by atoms with Gasteiger partial charge in [0.2, 0.25) is 5.88 Å². The molecule has 2 rings (SSSR count). The van der Waals surface area contributed by atoms with E-state index >= 15 is 0 Å². The van der Waals surface area contributed by atoms with Crippen molar-refractivity contribution in [1.29, 1.82) is 0 Å².